The van der Waals surface area contributed by atoms with Crippen molar-refractivity contribution in [2.45, 2.75) is 26.9 Å². The number of ether oxygens (including phenoxy) is 1. The molecule has 0 fully saturated rings. The van der Waals surface area contributed by atoms with Crippen LogP contribution in [0.3, 0.4) is 0 Å². The van der Waals surface area contributed by atoms with Gasteiger partial charge in [0.25, 0.3) is 0 Å². The normalized spacial score (nSPS) is 14.8. The van der Waals surface area contributed by atoms with Crippen LogP contribution in [0.2, 0.25) is 5.02 Å². The number of benzene rings is 1. The molecule has 3 aromatic rings. The minimum absolute atomic E-state index is 0.655. The summed E-state index contributed by atoms with van der Waals surface area (Å²) in [6.45, 7) is 7.07. The summed E-state index contributed by atoms with van der Waals surface area (Å²) in [6.07, 6.45) is 0. The van der Waals surface area contributed by atoms with Crippen LogP contribution in [-0.2, 0) is 13.1 Å². The van der Waals surface area contributed by atoms with E-state index in [9.17, 15) is 0 Å². The Morgan fingerprint density at radius 3 is 2.96 bits per heavy atom. The number of nitrogens with zero attached hydrogens (tertiary/aromatic N) is 2. The van der Waals surface area contributed by atoms with Crippen molar-refractivity contribution in [1.29, 1.82) is 0 Å². The van der Waals surface area contributed by atoms with Crippen molar-refractivity contribution < 1.29 is 9.15 Å². The van der Waals surface area contributed by atoms with Gasteiger partial charge in [0.1, 0.15) is 18.1 Å². The second-order valence-corrected chi connectivity index (χ2v) is 7.62. The molecule has 6 heteroatoms. The first-order chi connectivity index (χ1) is 12.1. The summed E-state index contributed by atoms with van der Waals surface area (Å²) in [5, 5.41) is 2.80. The third kappa shape index (κ3) is 3.45. The Morgan fingerprint density at radius 2 is 2.16 bits per heavy atom. The van der Waals surface area contributed by atoms with Crippen molar-refractivity contribution in [1.82, 2.24) is 9.88 Å². The molecule has 1 aliphatic heterocycles. The fraction of sp³-hybridized carbons (Fsp3) is 0.316. The molecule has 4 rings (SSSR count). The van der Waals surface area contributed by atoms with E-state index < -0.39 is 0 Å². The topological polar surface area (TPSA) is 38.5 Å². The highest BCUT2D eigenvalue weighted by Crippen LogP contribution is 2.31. The van der Waals surface area contributed by atoms with E-state index in [0.717, 1.165) is 58.2 Å². The predicted octanol–water partition coefficient (Wildman–Crippen LogP) is 5.07. The average molecular weight is 375 g/mol. The van der Waals surface area contributed by atoms with Gasteiger partial charge in [0.05, 0.1) is 10.6 Å². The minimum atomic E-state index is 0.655. The van der Waals surface area contributed by atoms with Gasteiger partial charge >= 0.3 is 0 Å². The van der Waals surface area contributed by atoms with E-state index >= 15 is 0 Å². The van der Waals surface area contributed by atoms with Crippen molar-refractivity contribution in [2.75, 3.05) is 13.2 Å². The average Bonchev–Trinajstić information content (AvgIpc) is 3.08. The number of thiophene rings is 1. The highest BCUT2D eigenvalue weighted by Gasteiger charge is 2.20. The zero-order valence-corrected chi connectivity index (χ0v) is 15.8. The Balaban J connectivity index is 1.56. The maximum Gasteiger partial charge on any atom is 0.237 e. The van der Waals surface area contributed by atoms with Gasteiger partial charge in [-0.2, -0.15) is 0 Å². The molecule has 3 heterocycles. The quantitative estimate of drug-likeness (QED) is 0.641. The second-order valence-electron chi connectivity index (χ2n) is 6.27. The Labute approximate surface area is 156 Å². The molecule has 0 saturated heterocycles. The van der Waals surface area contributed by atoms with Crippen LogP contribution in [0.15, 0.2) is 34.1 Å². The van der Waals surface area contributed by atoms with Gasteiger partial charge in [0.15, 0.2) is 0 Å². The molecule has 2 aromatic heterocycles. The van der Waals surface area contributed by atoms with Crippen molar-refractivity contribution in [3.63, 3.8) is 0 Å². The largest absolute Gasteiger partial charge is 0.492 e. The molecule has 0 unspecified atom stereocenters. The maximum absolute atomic E-state index is 6.14. The Kier molecular flexibility index (Phi) is 4.54. The number of aromatic nitrogens is 1. The summed E-state index contributed by atoms with van der Waals surface area (Å²) in [7, 11) is 0. The van der Waals surface area contributed by atoms with Gasteiger partial charge in [-0.15, -0.1) is 11.3 Å². The van der Waals surface area contributed by atoms with Crippen LogP contribution in [0.1, 0.15) is 22.6 Å². The van der Waals surface area contributed by atoms with Gasteiger partial charge in [-0.25, -0.2) is 4.98 Å². The molecular weight excluding hydrogens is 356 g/mol. The summed E-state index contributed by atoms with van der Waals surface area (Å²) in [5.41, 5.74) is 3.29. The van der Waals surface area contributed by atoms with Gasteiger partial charge < -0.3 is 9.15 Å². The molecule has 1 aromatic carbocycles. The first-order valence-electron chi connectivity index (χ1n) is 8.24. The maximum atomic E-state index is 6.14. The molecule has 130 valence electrons. The number of fused-ring (bicyclic) bond motifs is 1. The zero-order chi connectivity index (χ0) is 17.4. The first-order valence-corrected chi connectivity index (χ1v) is 9.50. The molecule has 0 N–H and O–H groups in total. The fourth-order valence-corrected chi connectivity index (χ4v) is 4.07. The molecular formula is C19H19ClN2O2S. The molecule has 25 heavy (non-hydrogen) atoms. The van der Waals surface area contributed by atoms with Crippen molar-refractivity contribution in [3.8, 4) is 16.5 Å². The molecule has 0 bridgehead atoms. The third-order valence-electron chi connectivity index (χ3n) is 4.40. The summed E-state index contributed by atoms with van der Waals surface area (Å²) in [6, 6.07) is 7.88. The molecule has 0 spiro atoms. The van der Waals surface area contributed by atoms with Crippen molar-refractivity contribution in [3.05, 3.63) is 57.2 Å². The van der Waals surface area contributed by atoms with Gasteiger partial charge in [-0.1, -0.05) is 11.6 Å². The lowest BCUT2D eigenvalue weighted by atomic mass is 10.2. The smallest absolute Gasteiger partial charge is 0.237 e. The van der Waals surface area contributed by atoms with Gasteiger partial charge in [0.2, 0.25) is 5.89 Å². The Hall–Kier alpha value is -1.82. The number of hydrogen-bond donors (Lipinski definition) is 0. The van der Waals surface area contributed by atoms with Crippen molar-refractivity contribution in [2.24, 2.45) is 0 Å². The summed E-state index contributed by atoms with van der Waals surface area (Å²) in [4.78, 5) is 8.17. The molecule has 4 nitrogen and oxygen atoms in total. The molecule has 0 aliphatic carbocycles. The van der Waals surface area contributed by atoms with E-state index in [1.54, 1.807) is 11.3 Å². The van der Waals surface area contributed by atoms with Crippen LogP contribution in [0.4, 0.5) is 0 Å². The fourth-order valence-electron chi connectivity index (χ4n) is 3.03. The Morgan fingerprint density at radius 1 is 1.28 bits per heavy atom. The minimum Gasteiger partial charge on any atom is -0.492 e. The van der Waals surface area contributed by atoms with Crippen molar-refractivity contribution >= 4 is 22.9 Å². The van der Waals surface area contributed by atoms with E-state index in [4.69, 9.17) is 25.7 Å². The van der Waals surface area contributed by atoms with E-state index in [-0.39, 0.29) is 0 Å². The number of oxazole rings is 1. The van der Waals surface area contributed by atoms with Crippen LogP contribution >= 0.6 is 22.9 Å². The first kappa shape index (κ1) is 16.6. The zero-order valence-electron chi connectivity index (χ0n) is 14.2. The van der Waals surface area contributed by atoms with Gasteiger partial charge in [0, 0.05) is 30.2 Å². The summed E-state index contributed by atoms with van der Waals surface area (Å²) < 4.78 is 11.8. The summed E-state index contributed by atoms with van der Waals surface area (Å²) in [5.74, 6) is 2.51. The Bertz CT molecular complexity index is 903. The highest BCUT2D eigenvalue weighted by molar-refractivity contribution is 7.13. The van der Waals surface area contributed by atoms with Crippen LogP contribution in [0.25, 0.3) is 10.8 Å². The molecule has 0 amide bonds. The van der Waals surface area contributed by atoms with E-state index in [1.807, 2.05) is 25.1 Å². The highest BCUT2D eigenvalue weighted by atomic mass is 35.5. The van der Waals surface area contributed by atoms with E-state index in [2.05, 4.69) is 23.3 Å². The lowest BCUT2D eigenvalue weighted by Crippen LogP contribution is -2.25. The lowest BCUT2D eigenvalue weighted by Gasteiger charge is -2.18. The van der Waals surface area contributed by atoms with Gasteiger partial charge in [-0.05, 0) is 49.1 Å². The number of aryl methyl sites for hydroxylation is 2. The standard InChI is InChI=1S/C19H19ClN2O2S/c1-12-5-8-25-18(12)19-21-16(13(2)24-19)11-22-6-7-23-17-4-3-15(20)9-14(17)10-22/h3-5,8-9H,6-7,10-11H2,1-2H3. The molecule has 0 radical (unpaired) electrons. The number of rotatable bonds is 3. The predicted molar refractivity (Wildman–Crippen MR) is 100 cm³/mol. The molecule has 0 atom stereocenters. The molecule has 0 saturated carbocycles. The summed E-state index contributed by atoms with van der Waals surface area (Å²) >= 11 is 7.80. The second kappa shape index (κ2) is 6.83. The van der Waals surface area contributed by atoms with Crippen LogP contribution in [0, 0.1) is 13.8 Å². The van der Waals surface area contributed by atoms with Crippen LogP contribution < -0.4 is 4.74 Å². The van der Waals surface area contributed by atoms with Crippen LogP contribution in [0.5, 0.6) is 5.75 Å². The van der Waals surface area contributed by atoms with E-state index in [0.29, 0.717) is 6.61 Å². The number of hydrogen-bond acceptors (Lipinski definition) is 5. The monoisotopic (exact) mass is 374 g/mol. The lowest BCUT2D eigenvalue weighted by molar-refractivity contribution is 0.217. The van der Waals surface area contributed by atoms with E-state index in [1.165, 1.54) is 5.56 Å². The third-order valence-corrected chi connectivity index (χ3v) is 5.64. The molecule has 1 aliphatic rings. The van der Waals surface area contributed by atoms with Crippen LogP contribution in [-0.4, -0.2) is 23.0 Å². The SMILES string of the molecule is Cc1ccsc1-c1nc(CN2CCOc3ccc(Cl)cc3C2)c(C)o1. The number of halogens is 1. The van der Waals surface area contributed by atoms with Gasteiger partial charge in [-0.3, -0.25) is 4.90 Å².